The third kappa shape index (κ3) is 6.12. The van der Waals surface area contributed by atoms with Crippen LogP contribution in [0.5, 0.6) is 0 Å². The lowest BCUT2D eigenvalue weighted by Gasteiger charge is -2.27. The number of nitrogens with zero attached hydrogens (tertiary/aromatic N) is 5. The number of aromatic nitrogens is 4. The van der Waals surface area contributed by atoms with Crippen molar-refractivity contribution < 1.29 is 17.6 Å². The molecule has 6 rings (SSSR count). The molecule has 4 aromatic heterocycles. The molecule has 216 valence electrons. The molecule has 2 N–H and O–H groups in total. The van der Waals surface area contributed by atoms with Crippen molar-refractivity contribution in [3.8, 4) is 21.8 Å². The summed E-state index contributed by atoms with van der Waals surface area (Å²) < 4.78 is 38.6. The Morgan fingerprint density at radius 3 is 2.57 bits per heavy atom. The van der Waals surface area contributed by atoms with E-state index in [1.165, 1.54) is 18.4 Å². The number of ether oxygens (including phenoxy) is 1. The monoisotopic (exact) mass is 603 g/mol. The summed E-state index contributed by atoms with van der Waals surface area (Å²) in [5.74, 6) is 1.53. The fraction of sp³-hybridized carbons (Fsp3) is 0.241. The van der Waals surface area contributed by atoms with Crippen molar-refractivity contribution in [2.75, 3.05) is 41.2 Å². The van der Waals surface area contributed by atoms with Gasteiger partial charge in [-0.25, -0.2) is 19.9 Å². The zero-order valence-corrected chi connectivity index (χ0v) is 24.7. The zero-order valence-electron chi connectivity index (χ0n) is 23.0. The first-order valence-corrected chi connectivity index (χ1v) is 15.7. The van der Waals surface area contributed by atoms with Crippen LogP contribution in [0.25, 0.3) is 21.8 Å². The maximum atomic E-state index is 12.7. The van der Waals surface area contributed by atoms with E-state index < -0.39 is 10.0 Å². The zero-order chi connectivity index (χ0) is 29.1. The molecule has 1 aliphatic rings. The lowest BCUT2D eigenvalue weighted by molar-refractivity contribution is 0.122. The van der Waals surface area contributed by atoms with Crippen LogP contribution in [-0.2, 0) is 14.8 Å². The van der Waals surface area contributed by atoms with Crippen molar-refractivity contribution in [1.82, 2.24) is 19.9 Å². The van der Waals surface area contributed by atoms with Gasteiger partial charge in [0.05, 0.1) is 52.6 Å². The number of thiazole rings is 1. The van der Waals surface area contributed by atoms with E-state index in [-0.39, 0.29) is 11.0 Å². The Morgan fingerprint density at radius 2 is 1.83 bits per heavy atom. The Bertz CT molecular complexity index is 1770. The van der Waals surface area contributed by atoms with Crippen molar-refractivity contribution in [2.45, 2.75) is 24.9 Å². The number of hydrogen-bond acceptors (Lipinski definition) is 11. The standard InChI is InChI=1S/C29H29N7O4S2/c1-19(2)28-34-26(20-5-3-6-21(17-20)35-42(37,38)25-7-4-14-40-25)27(41-28)23-10-11-30-29(33-23)32-22-8-9-24(31-18-22)36-12-15-39-16-13-36/h3-11,14,17-19,35H,12-13,15-16H2,1-2H3,(H,30,32,33). The number of sulfonamides is 1. The second-order valence-electron chi connectivity index (χ2n) is 9.90. The Labute approximate surface area is 247 Å². The Balaban J connectivity index is 1.28. The lowest BCUT2D eigenvalue weighted by Crippen LogP contribution is -2.36. The lowest BCUT2D eigenvalue weighted by atomic mass is 10.1. The summed E-state index contributed by atoms with van der Waals surface area (Å²) in [6.07, 6.45) is 4.79. The maximum absolute atomic E-state index is 12.7. The van der Waals surface area contributed by atoms with Gasteiger partial charge in [-0.05, 0) is 42.5 Å². The third-order valence-corrected chi connectivity index (χ3v) is 9.16. The summed E-state index contributed by atoms with van der Waals surface area (Å²) in [5.41, 5.74) is 3.33. The van der Waals surface area contributed by atoms with Gasteiger partial charge in [0.1, 0.15) is 5.82 Å². The second-order valence-corrected chi connectivity index (χ2v) is 12.5. The van der Waals surface area contributed by atoms with Crippen LogP contribution in [0.4, 0.5) is 23.1 Å². The van der Waals surface area contributed by atoms with Gasteiger partial charge < -0.3 is 19.4 Å². The van der Waals surface area contributed by atoms with Crippen molar-refractivity contribution in [3.05, 3.63) is 78.3 Å². The Hall–Kier alpha value is -4.33. The third-order valence-electron chi connectivity index (χ3n) is 6.51. The molecule has 5 aromatic rings. The largest absolute Gasteiger partial charge is 0.451 e. The fourth-order valence-electron chi connectivity index (χ4n) is 4.42. The highest BCUT2D eigenvalue weighted by Gasteiger charge is 2.21. The van der Waals surface area contributed by atoms with Crippen LogP contribution in [-0.4, -0.2) is 54.7 Å². The van der Waals surface area contributed by atoms with E-state index in [0.717, 1.165) is 40.0 Å². The molecule has 5 heterocycles. The minimum absolute atomic E-state index is 0.156. The number of anilines is 4. The fourth-order valence-corrected chi connectivity index (χ4v) is 6.46. The predicted molar refractivity (Wildman–Crippen MR) is 163 cm³/mol. The topological polar surface area (TPSA) is 135 Å². The van der Waals surface area contributed by atoms with E-state index in [4.69, 9.17) is 19.1 Å². The number of rotatable bonds is 9. The van der Waals surface area contributed by atoms with Gasteiger partial charge in [0.25, 0.3) is 10.0 Å². The van der Waals surface area contributed by atoms with Gasteiger partial charge in [0, 0.05) is 36.5 Å². The van der Waals surface area contributed by atoms with Crippen LogP contribution in [0.3, 0.4) is 0 Å². The molecule has 0 aliphatic carbocycles. The molecule has 0 saturated carbocycles. The van der Waals surface area contributed by atoms with Crippen molar-refractivity contribution >= 4 is 44.5 Å². The molecular weight excluding hydrogens is 574 g/mol. The number of hydrogen-bond donors (Lipinski definition) is 2. The van der Waals surface area contributed by atoms with Crippen LogP contribution in [0, 0.1) is 0 Å². The van der Waals surface area contributed by atoms with Crippen LogP contribution in [0.15, 0.2) is 82.8 Å². The molecule has 42 heavy (non-hydrogen) atoms. The van der Waals surface area contributed by atoms with Gasteiger partial charge in [-0.2, -0.15) is 8.42 Å². The van der Waals surface area contributed by atoms with E-state index >= 15 is 0 Å². The molecule has 1 fully saturated rings. The molecule has 1 aliphatic heterocycles. The molecule has 0 unspecified atom stereocenters. The van der Waals surface area contributed by atoms with E-state index in [9.17, 15) is 8.42 Å². The number of benzene rings is 1. The van der Waals surface area contributed by atoms with E-state index in [1.807, 2.05) is 24.3 Å². The first kappa shape index (κ1) is 27.8. The van der Waals surface area contributed by atoms with Crippen molar-refractivity contribution in [3.63, 3.8) is 0 Å². The van der Waals surface area contributed by atoms with Gasteiger partial charge in [-0.3, -0.25) is 4.72 Å². The van der Waals surface area contributed by atoms with Gasteiger partial charge >= 0.3 is 0 Å². The Kier molecular flexibility index (Phi) is 7.87. The molecule has 11 nitrogen and oxygen atoms in total. The quantitative estimate of drug-likeness (QED) is 0.214. The molecule has 0 spiro atoms. The predicted octanol–water partition coefficient (Wildman–Crippen LogP) is 5.76. The molecule has 0 bridgehead atoms. The summed E-state index contributed by atoms with van der Waals surface area (Å²) in [5, 5.41) is 4.04. The molecule has 0 amide bonds. The average molecular weight is 604 g/mol. The second kappa shape index (κ2) is 11.9. The maximum Gasteiger partial charge on any atom is 0.295 e. The molecular formula is C29H29N7O4S2. The highest BCUT2D eigenvalue weighted by atomic mass is 32.2. The molecule has 0 radical (unpaired) electrons. The van der Waals surface area contributed by atoms with E-state index in [0.29, 0.717) is 36.2 Å². The van der Waals surface area contributed by atoms with Crippen molar-refractivity contribution in [1.29, 1.82) is 0 Å². The van der Waals surface area contributed by atoms with Crippen LogP contribution in [0.1, 0.15) is 24.8 Å². The first-order valence-electron chi connectivity index (χ1n) is 13.4. The van der Waals surface area contributed by atoms with E-state index in [2.05, 4.69) is 38.8 Å². The van der Waals surface area contributed by atoms with Gasteiger partial charge in [0.2, 0.25) is 11.0 Å². The molecule has 13 heteroatoms. The summed E-state index contributed by atoms with van der Waals surface area (Å²) in [4.78, 5) is 21.8. The number of pyridine rings is 1. The summed E-state index contributed by atoms with van der Waals surface area (Å²) in [6.45, 7) is 7.21. The van der Waals surface area contributed by atoms with Crippen molar-refractivity contribution in [2.24, 2.45) is 0 Å². The smallest absolute Gasteiger partial charge is 0.295 e. The number of nitrogens with one attached hydrogen (secondary N) is 2. The molecule has 1 aromatic carbocycles. The van der Waals surface area contributed by atoms with E-state index in [1.54, 1.807) is 41.9 Å². The van der Waals surface area contributed by atoms with Gasteiger partial charge in [-0.15, -0.1) is 11.3 Å². The average Bonchev–Trinajstić information content (AvgIpc) is 3.70. The van der Waals surface area contributed by atoms with Crippen LogP contribution in [0.2, 0.25) is 0 Å². The normalized spacial score (nSPS) is 13.8. The van der Waals surface area contributed by atoms with Crippen LogP contribution >= 0.6 is 11.3 Å². The van der Waals surface area contributed by atoms with Gasteiger partial charge in [0.15, 0.2) is 0 Å². The summed E-state index contributed by atoms with van der Waals surface area (Å²) in [6, 6.07) is 15.8. The number of furan rings is 1. The number of morpholine rings is 1. The minimum atomic E-state index is -3.86. The van der Waals surface area contributed by atoms with Crippen LogP contribution < -0.4 is 14.9 Å². The SMILES string of the molecule is CC(C)c1nc(-c2cccc(NS(=O)(=O)c3ccco3)c2)c(-c2ccnc(Nc3ccc(N4CCOCC4)nc3)n2)s1. The minimum Gasteiger partial charge on any atom is -0.451 e. The summed E-state index contributed by atoms with van der Waals surface area (Å²) >= 11 is 1.55. The Morgan fingerprint density at radius 1 is 0.976 bits per heavy atom. The summed E-state index contributed by atoms with van der Waals surface area (Å²) in [7, 11) is -3.86. The molecule has 0 atom stereocenters. The highest BCUT2D eigenvalue weighted by molar-refractivity contribution is 7.92. The van der Waals surface area contributed by atoms with Gasteiger partial charge in [-0.1, -0.05) is 26.0 Å². The first-order chi connectivity index (χ1) is 20.4. The molecule has 1 saturated heterocycles. The highest BCUT2D eigenvalue weighted by Crippen LogP contribution is 2.39.